The zero-order valence-corrected chi connectivity index (χ0v) is 16.6. The number of hydrogen-bond donors (Lipinski definition) is 2. The zero-order valence-electron chi connectivity index (χ0n) is 16.6. The van der Waals surface area contributed by atoms with Gasteiger partial charge in [0.1, 0.15) is 11.5 Å². The zero-order chi connectivity index (χ0) is 21.2. The van der Waals surface area contributed by atoms with Crippen LogP contribution in [-0.2, 0) is 19.1 Å². The summed E-state index contributed by atoms with van der Waals surface area (Å²) in [6, 6.07) is 13.4. The van der Waals surface area contributed by atoms with Crippen LogP contribution in [0.15, 0.2) is 48.5 Å². The molecule has 2 amide bonds. The number of methoxy groups -OCH3 is 2. The maximum atomic E-state index is 12.2. The molecular formula is C21H24N2O6. The molecule has 0 aliphatic heterocycles. The first kappa shape index (κ1) is 21.7. The molecule has 2 aromatic rings. The van der Waals surface area contributed by atoms with Crippen LogP contribution in [0, 0.1) is 0 Å². The van der Waals surface area contributed by atoms with Gasteiger partial charge in [0, 0.05) is 13.0 Å². The van der Waals surface area contributed by atoms with Crippen molar-refractivity contribution in [2.75, 3.05) is 26.1 Å². The maximum Gasteiger partial charge on any atom is 0.308 e. The third kappa shape index (κ3) is 6.84. The quantitative estimate of drug-likeness (QED) is 0.627. The minimum absolute atomic E-state index is 0.0945. The van der Waals surface area contributed by atoms with Crippen molar-refractivity contribution in [3.63, 3.8) is 0 Å². The van der Waals surface area contributed by atoms with Crippen LogP contribution in [0.25, 0.3) is 0 Å². The van der Waals surface area contributed by atoms with Crippen LogP contribution in [0.4, 0.5) is 5.69 Å². The molecule has 2 aromatic carbocycles. The summed E-state index contributed by atoms with van der Waals surface area (Å²) in [5, 5.41) is 5.33. The van der Waals surface area contributed by atoms with Gasteiger partial charge in [-0.2, -0.15) is 0 Å². The number of nitrogens with one attached hydrogen (secondary N) is 2. The van der Waals surface area contributed by atoms with Crippen LogP contribution < -0.4 is 20.1 Å². The molecule has 0 heterocycles. The topological polar surface area (TPSA) is 103 Å². The summed E-state index contributed by atoms with van der Waals surface area (Å²) in [5.74, 6) is -0.395. The largest absolute Gasteiger partial charge is 0.497 e. The molecule has 0 fully saturated rings. The Balaban J connectivity index is 1.92. The number of carbonyl (C=O) groups is 3. The number of benzene rings is 2. The second-order valence-electron chi connectivity index (χ2n) is 6.14. The van der Waals surface area contributed by atoms with Crippen molar-refractivity contribution in [1.29, 1.82) is 0 Å². The third-order valence-corrected chi connectivity index (χ3v) is 4.00. The van der Waals surface area contributed by atoms with Crippen molar-refractivity contribution in [2.45, 2.75) is 19.4 Å². The highest BCUT2D eigenvalue weighted by Gasteiger charge is 2.19. The van der Waals surface area contributed by atoms with Crippen molar-refractivity contribution >= 4 is 23.5 Å². The number of esters is 1. The Kier molecular flexibility index (Phi) is 8.02. The molecule has 0 unspecified atom stereocenters. The van der Waals surface area contributed by atoms with E-state index >= 15 is 0 Å². The van der Waals surface area contributed by atoms with Gasteiger partial charge in [0.25, 0.3) is 5.91 Å². The predicted octanol–water partition coefficient (Wildman–Crippen LogP) is 2.45. The van der Waals surface area contributed by atoms with E-state index < -0.39 is 24.5 Å². The Labute approximate surface area is 169 Å². The molecule has 0 radical (unpaired) electrons. The van der Waals surface area contributed by atoms with Crippen molar-refractivity contribution in [2.24, 2.45) is 0 Å². The first-order valence-electron chi connectivity index (χ1n) is 8.92. The van der Waals surface area contributed by atoms with Crippen LogP contribution in [0.3, 0.4) is 0 Å². The Morgan fingerprint density at radius 2 is 1.72 bits per heavy atom. The molecule has 0 saturated carbocycles. The van der Waals surface area contributed by atoms with Gasteiger partial charge in [-0.05, 0) is 17.7 Å². The average molecular weight is 400 g/mol. The van der Waals surface area contributed by atoms with E-state index in [1.165, 1.54) is 21.1 Å². The fourth-order valence-corrected chi connectivity index (χ4v) is 2.64. The molecule has 2 N–H and O–H groups in total. The van der Waals surface area contributed by atoms with Crippen LogP contribution in [0.5, 0.6) is 11.5 Å². The Morgan fingerprint density at radius 3 is 2.34 bits per heavy atom. The van der Waals surface area contributed by atoms with Crippen LogP contribution in [0.2, 0.25) is 0 Å². The second-order valence-corrected chi connectivity index (χ2v) is 6.14. The monoisotopic (exact) mass is 400 g/mol. The highest BCUT2D eigenvalue weighted by molar-refractivity contribution is 5.94. The van der Waals surface area contributed by atoms with E-state index in [4.69, 9.17) is 14.2 Å². The number of amides is 2. The maximum absolute atomic E-state index is 12.2. The third-order valence-electron chi connectivity index (χ3n) is 4.00. The van der Waals surface area contributed by atoms with Gasteiger partial charge >= 0.3 is 5.97 Å². The summed E-state index contributed by atoms with van der Waals surface area (Å²) < 4.78 is 15.4. The lowest BCUT2D eigenvalue weighted by Crippen LogP contribution is -2.29. The van der Waals surface area contributed by atoms with Gasteiger partial charge in [-0.3, -0.25) is 14.4 Å². The van der Waals surface area contributed by atoms with Crippen LogP contribution in [0.1, 0.15) is 24.9 Å². The van der Waals surface area contributed by atoms with E-state index in [1.807, 2.05) is 18.2 Å². The molecule has 29 heavy (non-hydrogen) atoms. The van der Waals surface area contributed by atoms with E-state index in [0.717, 1.165) is 5.56 Å². The summed E-state index contributed by atoms with van der Waals surface area (Å²) in [5.41, 5.74) is 1.20. The van der Waals surface area contributed by atoms with Gasteiger partial charge in [-0.25, -0.2) is 0 Å². The molecule has 0 aliphatic rings. The molecule has 2 rings (SSSR count). The Hall–Kier alpha value is -3.55. The molecule has 8 nitrogen and oxygen atoms in total. The first-order chi connectivity index (χ1) is 13.9. The summed E-state index contributed by atoms with van der Waals surface area (Å²) in [7, 11) is 2.99. The number of anilines is 1. The van der Waals surface area contributed by atoms with Crippen molar-refractivity contribution in [3.8, 4) is 11.5 Å². The fraction of sp³-hybridized carbons (Fsp3) is 0.286. The Morgan fingerprint density at radius 1 is 1.00 bits per heavy atom. The summed E-state index contributed by atoms with van der Waals surface area (Å²) in [6.07, 6.45) is -0.0945. The van der Waals surface area contributed by atoms with Gasteiger partial charge in [-0.15, -0.1) is 0 Å². The normalized spacial score (nSPS) is 11.1. The summed E-state index contributed by atoms with van der Waals surface area (Å²) in [4.78, 5) is 35.7. The van der Waals surface area contributed by atoms with E-state index in [9.17, 15) is 14.4 Å². The van der Waals surface area contributed by atoms with Crippen molar-refractivity contribution < 1.29 is 28.6 Å². The van der Waals surface area contributed by atoms with Crippen LogP contribution in [-0.4, -0.2) is 38.6 Å². The number of rotatable bonds is 9. The molecule has 0 bridgehead atoms. The lowest BCUT2D eigenvalue weighted by molar-refractivity contribution is -0.148. The van der Waals surface area contributed by atoms with E-state index in [0.29, 0.717) is 17.2 Å². The second kappa shape index (κ2) is 10.7. The molecule has 154 valence electrons. The van der Waals surface area contributed by atoms with Gasteiger partial charge < -0.3 is 24.8 Å². The molecule has 0 saturated heterocycles. The number of carbonyl (C=O) groups excluding carboxylic acids is 3. The molecule has 0 aromatic heterocycles. The average Bonchev–Trinajstić information content (AvgIpc) is 2.72. The SMILES string of the molecule is COc1ccc(NC(=O)COC(=O)C[C@H](NC(C)=O)c2ccccc2)c(OC)c1. The van der Waals surface area contributed by atoms with Crippen molar-refractivity contribution in [1.82, 2.24) is 5.32 Å². The van der Waals surface area contributed by atoms with Gasteiger partial charge in [0.05, 0.1) is 32.4 Å². The minimum atomic E-state index is -0.607. The van der Waals surface area contributed by atoms with Gasteiger partial charge in [-0.1, -0.05) is 30.3 Å². The Bertz CT molecular complexity index is 854. The molecule has 0 aliphatic carbocycles. The first-order valence-corrected chi connectivity index (χ1v) is 8.92. The van der Waals surface area contributed by atoms with E-state index in [1.54, 1.807) is 30.3 Å². The lowest BCUT2D eigenvalue weighted by Gasteiger charge is -2.17. The molecule has 8 heteroatoms. The molecule has 1 atom stereocenters. The number of hydrogen-bond acceptors (Lipinski definition) is 6. The summed E-state index contributed by atoms with van der Waals surface area (Å²) in [6.45, 7) is 0.909. The van der Waals surface area contributed by atoms with E-state index in [-0.39, 0.29) is 12.3 Å². The standard InChI is InChI=1S/C21H24N2O6/c1-14(24)22-18(15-7-5-4-6-8-15)12-21(26)29-13-20(25)23-17-10-9-16(27-2)11-19(17)28-3/h4-11,18H,12-13H2,1-3H3,(H,22,24)(H,23,25)/t18-/m0/s1. The minimum Gasteiger partial charge on any atom is -0.497 e. The fourth-order valence-electron chi connectivity index (χ4n) is 2.64. The van der Waals surface area contributed by atoms with Crippen molar-refractivity contribution in [3.05, 3.63) is 54.1 Å². The van der Waals surface area contributed by atoms with E-state index in [2.05, 4.69) is 10.6 Å². The lowest BCUT2D eigenvalue weighted by atomic mass is 10.0. The van der Waals surface area contributed by atoms with Crippen LogP contribution >= 0.6 is 0 Å². The highest BCUT2D eigenvalue weighted by Crippen LogP contribution is 2.28. The van der Waals surface area contributed by atoms with Gasteiger partial charge in [0.15, 0.2) is 6.61 Å². The highest BCUT2D eigenvalue weighted by atomic mass is 16.5. The smallest absolute Gasteiger partial charge is 0.308 e. The van der Waals surface area contributed by atoms with Gasteiger partial charge in [0.2, 0.25) is 5.91 Å². The molecular weight excluding hydrogens is 376 g/mol. The number of ether oxygens (including phenoxy) is 3. The molecule has 0 spiro atoms. The summed E-state index contributed by atoms with van der Waals surface area (Å²) >= 11 is 0. The predicted molar refractivity (Wildman–Crippen MR) is 107 cm³/mol.